The summed E-state index contributed by atoms with van der Waals surface area (Å²) in [5, 5.41) is 0. The summed E-state index contributed by atoms with van der Waals surface area (Å²) in [6.45, 7) is 2.01. The van der Waals surface area contributed by atoms with Gasteiger partial charge in [-0.15, -0.1) is 0 Å². The van der Waals surface area contributed by atoms with Gasteiger partial charge in [-0.25, -0.2) is 9.37 Å². The summed E-state index contributed by atoms with van der Waals surface area (Å²) < 4.78 is 31.2. The van der Waals surface area contributed by atoms with E-state index in [9.17, 15) is 9.18 Å². The molecule has 6 nitrogen and oxygen atoms in total. The quantitative estimate of drug-likeness (QED) is 0.567. The number of aryl methyl sites for hydroxylation is 1. The summed E-state index contributed by atoms with van der Waals surface area (Å²) in [7, 11) is 0. The van der Waals surface area contributed by atoms with E-state index in [1.54, 1.807) is 18.2 Å². The number of likely N-dealkylation sites (tertiary alicyclic amines) is 1. The van der Waals surface area contributed by atoms with Gasteiger partial charge in [0.1, 0.15) is 5.82 Å². The highest BCUT2D eigenvalue weighted by Gasteiger charge is 2.30. The van der Waals surface area contributed by atoms with Gasteiger partial charge in [0.2, 0.25) is 5.91 Å². The second-order valence-corrected chi connectivity index (χ2v) is 8.10. The fraction of sp³-hybridized carbons (Fsp3) is 0.360. The number of rotatable bonds is 5. The SMILES string of the molecule is O=C(CCc1ncc(-c2ccccc2F)o1)N1CCCC1c1ccc2c(c1)OCCCO2. The molecular weight excluding hydrogens is 411 g/mol. The zero-order valence-corrected chi connectivity index (χ0v) is 17.8. The predicted molar refractivity (Wildman–Crippen MR) is 116 cm³/mol. The summed E-state index contributed by atoms with van der Waals surface area (Å²) >= 11 is 0. The van der Waals surface area contributed by atoms with Gasteiger partial charge in [-0.3, -0.25) is 4.79 Å². The van der Waals surface area contributed by atoms with E-state index >= 15 is 0 Å². The van der Waals surface area contributed by atoms with Crippen molar-refractivity contribution in [1.29, 1.82) is 0 Å². The van der Waals surface area contributed by atoms with Crippen LogP contribution in [0.1, 0.15) is 43.2 Å². The van der Waals surface area contributed by atoms with Gasteiger partial charge in [-0.1, -0.05) is 18.2 Å². The molecule has 2 aliphatic heterocycles. The maximum absolute atomic E-state index is 14.0. The number of halogens is 1. The van der Waals surface area contributed by atoms with Crippen LogP contribution in [-0.4, -0.2) is 35.5 Å². The van der Waals surface area contributed by atoms with E-state index in [1.165, 1.54) is 12.3 Å². The van der Waals surface area contributed by atoms with Gasteiger partial charge in [-0.2, -0.15) is 0 Å². The summed E-state index contributed by atoms with van der Waals surface area (Å²) in [5.74, 6) is 2.02. The van der Waals surface area contributed by atoms with Crippen molar-refractivity contribution in [3.8, 4) is 22.8 Å². The number of hydrogen-bond donors (Lipinski definition) is 0. The first-order chi connectivity index (χ1) is 15.7. The number of carbonyl (C=O) groups excluding carboxylic acids is 1. The van der Waals surface area contributed by atoms with Crippen LogP contribution in [0, 0.1) is 5.82 Å². The van der Waals surface area contributed by atoms with Crippen molar-refractivity contribution in [2.24, 2.45) is 0 Å². The van der Waals surface area contributed by atoms with Crippen LogP contribution in [0.2, 0.25) is 0 Å². The summed E-state index contributed by atoms with van der Waals surface area (Å²) in [6, 6.07) is 12.4. The molecule has 2 aromatic carbocycles. The maximum atomic E-state index is 14.0. The molecule has 1 aromatic heterocycles. The third-order valence-electron chi connectivity index (χ3n) is 5.98. The topological polar surface area (TPSA) is 64.8 Å². The van der Waals surface area contributed by atoms with E-state index < -0.39 is 0 Å². The Morgan fingerprint density at radius 1 is 1.09 bits per heavy atom. The molecule has 1 saturated heterocycles. The van der Waals surface area contributed by atoms with Crippen molar-refractivity contribution < 1.29 is 23.1 Å². The van der Waals surface area contributed by atoms with Gasteiger partial charge in [0, 0.05) is 25.8 Å². The number of fused-ring (bicyclic) bond motifs is 1. The van der Waals surface area contributed by atoms with Gasteiger partial charge < -0.3 is 18.8 Å². The first-order valence-corrected chi connectivity index (χ1v) is 11.1. The molecule has 1 fully saturated rings. The number of benzene rings is 2. The molecule has 2 aliphatic rings. The molecule has 5 rings (SSSR count). The van der Waals surface area contributed by atoms with Crippen LogP contribution in [-0.2, 0) is 11.2 Å². The first-order valence-electron chi connectivity index (χ1n) is 11.1. The summed E-state index contributed by atoms with van der Waals surface area (Å²) in [4.78, 5) is 19.2. The molecule has 0 spiro atoms. The van der Waals surface area contributed by atoms with Crippen molar-refractivity contribution in [3.63, 3.8) is 0 Å². The molecule has 7 heteroatoms. The number of carbonyl (C=O) groups is 1. The Bertz CT molecular complexity index is 1110. The molecule has 1 unspecified atom stereocenters. The highest BCUT2D eigenvalue weighted by Crippen LogP contribution is 2.38. The molecular formula is C25H25FN2O4. The molecule has 0 N–H and O–H groups in total. The monoisotopic (exact) mass is 436 g/mol. The Hall–Kier alpha value is -3.35. The highest BCUT2D eigenvalue weighted by atomic mass is 19.1. The summed E-state index contributed by atoms with van der Waals surface area (Å²) in [5.41, 5.74) is 1.43. The minimum Gasteiger partial charge on any atom is -0.490 e. The average Bonchev–Trinajstić information content (AvgIpc) is 3.43. The van der Waals surface area contributed by atoms with Gasteiger partial charge in [0.25, 0.3) is 0 Å². The van der Waals surface area contributed by atoms with Crippen LogP contribution in [0.4, 0.5) is 4.39 Å². The van der Waals surface area contributed by atoms with Crippen molar-refractivity contribution in [1.82, 2.24) is 9.88 Å². The van der Waals surface area contributed by atoms with E-state index in [4.69, 9.17) is 13.9 Å². The molecule has 3 heterocycles. The molecule has 1 amide bonds. The Morgan fingerprint density at radius 2 is 1.94 bits per heavy atom. The van der Waals surface area contributed by atoms with Crippen LogP contribution in [0.15, 0.2) is 53.1 Å². The predicted octanol–water partition coefficient (Wildman–Crippen LogP) is 4.94. The molecule has 0 aliphatic carbocycles. The Morgan fingerprint density at radius 3 is 2.81 bits per heavy atom. The van der Waals surface area contributed by atoms with E-state index in [0.29, 0.717) is 36.8 Å². The first kappa shape index (κ1) is 20.5. The second-order valence-electron chi connectivity index (χ2n) is 8.10. The number of hydrogen-bond acceptors (Lipinski definition) is 5. The molecule has 0 saturated carbocycles. The van der Waals surface area contributed by atoms with Crippen LogP contribution < -0.4 is 9.47 Å². The molecule has 166 valence electrons. The van der Waals surface area contributed by atoms with Gasteiger partial charge in [0.15, 0.2) is 23.1 Å². The van der Waals surface area contributed by atoms with Gasteiger partial charge in [0.05, 0.1) is 31.0 Å². The lowest BCUT2D eigenvalue weighted by atomic mass is 10.0. The lowest BCUT2D eigenvalue weighted by Gasteiger charge is -2.25. The van der Waals surface area contributed by atoms with Crippen molar-refractivity contribution in [2.75, 3.05) is 19.8 Å². The number of oxazole rings is 1. The highest BCUT2D eigenvalue weighted by molar-refractivity contribution is 5.77. The van der Waals surface area contributed by atoms with Crippen LogP contribution in [0.25, 0.3) is 11.3 Å². The summed E-state index contributed by atoms with van der Waals surface area (Å²) in [6.07, 6.45) is 4.91. The lowest BCUT2D eigenvalue weighted by Crippen LogP contribution is -2.30. The fourth-order valence-corrected chi connectivity index (χ4v) is 4.37. The zero-order valence-electron chi connectivity index (χ0n) is 17.8. The van der Waals surface area contributed by atoms with Crippen LogP contribution in [0.3, 0.4) is 0 Å². The number of nitrogens with zero attached hydrogens (tertiary/aromatic N) is 2. The smallest absolute Gasteiger partial charge is 0.223 e. The van der Waals surface area contributed by atoms with Gasteiger partial charge in [-0.05, 0) is 42.7 Å². The second kappa shape index (κ2) is 9.02. The average molecular weight is 436 g/mol. The lowest BCUT2D eigenvalue weighted by molar-refractivity contribution is -0.132. The number of ether oxygens (including phenoxy) is 2. The van der Waals surface area contributed by atoms with Crippen molar-refractivity contribution in [3.05, 3.63) is 65.9 Å². The van der Waals surface area contributed by atoms with Crippen LogP contribution in [0.5, 0.6) is 11.5 Å². The van der Waals surface area contributed by atoms with E-state index in [1.807, 2.05) is 23.1 Å². The third-order valence-corrected chi connectivity index (χ3v) is 5.98. The number of amides is 1. The minimum atomic E-state index is -0.360. The minimum absolute atomic E-state index is 0.0261. The number of aromatic nitrogens is 1. The van der Waals surface area contributed by atoms with E-state index in [0.717, 1.165) is 42.9 Å². The maximum Gasteiger partial charge on any atom is 0.223 e. The fourth-order valence-electron chi connectivity index (χ4n) is 4.37. The standard InChI is InChI=1S/C25H25FN2O4/c26-19-6-2-1-5-18(19)23-16-27-24(32-23)10-11-25(29)28-12-3-7-20(28)17-8-9-21-22(15-17)31-14-4-13-30-21/h1-2,5-6,8-9,15-16,20H,3-4,7,10-14H2. The molecule has 32 heavy (non-hydrogen) atoms. The van der Waals surface area contributed by atoms with Gasteiger partial charge >= 0.3 is 0 Å². The Balaban J connectivity index is 1.25. The van der Waals surface area contributed by atoms with E-state index in [-0.39, 0.29) is 24.2 Å². The van der Waals surface area contributed by atoms with Crippen molar-refractivity contribution >= 4 is 5.91 Å². The largest absolute Gasteiger partial charge is 0.490 e. The molecule has 3 aromatic rings. The normalized spacial score (nSPS) is 17.9. The Labute approximate surface area is 186 Å². The zero-order chi connectivity index (χ0) is 21.9. The van der Waals surface area contributed by atoms with Crippen molar-refractivity contribution in [2.45, 2.75) is 38.1 Å². The Kier molecular flexibility index (Phi) is 5.79. The molecule has 0 radical (unpaired) electrons. The molecule has 0 bridgehead atoms. The van der Waals surface area contributed by atoms with E-state index in [2.05, 4.69) is 4.98 Å². The molecule has 1 atom stereocenters. The third kappa shape index (κ3) is 4.20. The van der Waals surface area contributed by atoms with Crippen LogP contribution >= 0.6 is 0 Å².